The van der Waals surface area contributed by atoms with Gasteiger partial charge in [0.15, 0.2) is 0 Å². The minimum absolute atomic E-state index is 0.152. The normalized spacial score (nSPS) is 15.6. The van der Waals surface area contributed by atoms with Crippen LogP contribution in [-0.4, -0.2) is 40.0 Å². The monoisotopic (exact) mass is 672 g/mol. The standard InChI is InChI=1S/C40H33ClN2O4S/c41-31-16-14-29-15-18-32(42-35(29)22-31)17-13-27-9-6-10-30(21-27)36(24-43-38(45)33-11-4-5-12-34(33)39(43)46)48-26-40(19-20-40)23-37(44)47-25-28-7-2-1-3-8-28/h1-18,21-22,36H,19-20,23-26H2/b17-13+. The van der Waals surface area contributed by atoms with Crippen LogP contribution in [0.4, 0.5) is 0 Å². The fraction of sp³-hybridized carbons (Fsp3) is 0.200. The number of rotatable bonds is 12. The van der Waals surface area contributed by atoms with Gasteiger partial charge in [-0.3, -0.25) is 19.3 Å². The van der Waals surface area contributed by atoms with Gasteiger partial charge in [0, 0.05) is 28.0 Å². The highest BCUT2D eigenvalue weighted by atomic mass is 35.5. The van der Waals surface area contributed by atoms with Gasteiger partial charge in [-0.15, -0.1) is 0 Å². The van der Waals surface area contributed by atoms with Gasteiger partial charge in [-0.1, -0.05) is 96.5 Å². The Labute approximate surface area is 288 Å². The first kappa shape index (κ1) is 31.9. The molecule has 1 aliphatic heterocycles. The van der Waals surface area contributed by atoms with E-state index in [1.165, 1.54) is 4.90 Å². The smallest absolute Gasteiger partial charge is 0.306 e. The van der Waals surface area contributed by atoms with Crippen molar-refractivity contribution in [3.63, 3.8) is 0 Å². The predicted octanol–water partition coefficient (Wildman–Crippen LogP) is 9.04. The molecule has 0 saturated heterocycles. The average Bonchev–Trinajstić information content (AvgIpc) is 3.83. The zero-order chi connectivity index (χ0) is 33.1. The maximum Gasteiger partial charge on any atom is 0.306 e. The summed E-state index contributed by atoms with van der Waals surface area (Å²) < 4.78 is 5.61. The number of carbonyl (C=O) groups excluding carboxylic acids is 3. The molecular weight excluding hydrogens is 640 g/mol. The molecule has 2 aliphatic rings. The van der Waals surface area contributed by atoms with E-state index in [1.807, 2.05) is 91.0 Å². The third-order valence-electron chi connectivity index (χ3n) is 8.94. The highest BCUT2D eigenvalue weighted by Crippen LogP contribution is 2.53. The van der Waals surface area contributed by atoms with E-state index in [9.17, 15) is 14.4 Å². The van der Waals surface area contributed by atoms with Crippen molar-refractivity contribution in [1.82, 2.24) is 9.88 Å². The van der Waals surface area contributed by atoms with Crippen molar-refractivity contribution in [2.75, 3.05) is 12.3 Å². The Morgan fingerprint density at radius 2 is 1.60 bits per heavy atom. The van der Waals surface area contributed by atoms with Gasteiger partial charge in [0.2, 0.25) is 0 Å². The number of hydrogen-bond acceptors (Lipinski definition) is 6. The molecular formula is C40H33ClN2O4S. The number of hydrogen-bond donors (Lipinski definition) is 0. The summed E-state index contributed by atoms with van der Waals surface area (Å²) >= 11 is 7.88. The number of ether oxygens (including phenoxy) is 1. The van der Waals surface area contributed by atoms with Crippen LogP contribution in [0, 0.1) is 5.41 Å². The number of pyridine rings is 1. The van der Waals surface area contributed by atoms with Gasteiger partial charge in [0.1, 0.15) is 6.61 Å². The minimum Gasteiger partial charge on any atom is -0.461 e. The van der Waals surface area contributed by atoms with Crippen LogP contribution >= 0.6 is 23.4 Å². The van der Waals surface area contributed by atoms with E-state index in [-0.39, 0.29) is 41.6 Å². The lowest BCUT2D eigenvalue weighted by Gasteiger charge is -2.25. The molecule has 7 rings (SSSR count). The Hall–Kier alpha value is -4.72. The number of imide groups is 1. The number of amides is 2. The second-order valence-electron chi connectivity index (χ2n) is 12.5. The summed E-state index contributed by atoms with van der Waals surface area (Å²) in [4.78, 5) is 45.7. The Balaban J connectivity index is 1.09. The zero-order valence-electron chi connectivity index (χ0n) is 26.2. The Morgan fingerprint density at radius 3 is 2.35 bits per heavy atom. The van der Waals surface area contributed by atoms with Crippen molar-refractivity contribution in [2.45, 2.75) is 31.1 Å². The van der Waals surface area contributed by atoms with Crippen LogP contribution in [0.5, 0.6) is 0 Å². The van der Waals surface area contributed by atoms with Gasteiger partial charge in [-0.2, -0.15) is 11.8 Å². The van der Waals surface area contributed by atoms with Crippen molar-refractivity contribution in [2.24, 2.45) is 5.41 Å². The molecule has 5 aromatic rings. The molecule has 0 bridgehead atoms. The minimum atomic E-state index is -0.273. The fourth-order valence-electron chi connectivity index (χ4n) is 5.99. The summed E-state index contributed by atoms with van der Waals surface area (Å²) in [5.74, 6) is -0.0356. The van der Waals surface area contributed by atoms with Crippen molar-refractivity contribution in [3.05, 3.63) is 148 Å². The molecule has 240 valence electrons. The highest BCUT2D eigenvalue weighted by molar-refractivity contribution is 7.99. The van der Waals surface area contributed by atoms with E-state index in [0.29, 0.717) is 28.3 Å². The van der Waals surface area contributed by atoms with E-state index in [0.717, 1.165) is 46.1 Å². The largest absolute Gasteiger partial charge is 0.461 e. The van der Waals surface area contributed by atoms with Crippen LogP contribution in [0.2, 0.25) is 5.02 Å². The number of halogens is 1. The Kier molecular flexibility index (Phi) is 9.15. The number of carbonyl (C=O) groups is 3. The number of esters is 1. The fourth-order valence-corrected chi connectivity index (χ4v) is 7.70. The van der Waals surface area contributed by atoms with Crippen LogP contribution in [0.25, 0.3) is 23.1 Å². The lowest BCUT2D eigenvalue weighted by molar-refractivity contribution is -0.146. The second kappa shape index (κ2) is 13.8. The lowest BCUT2D eigenvalue weighted by atomic mass is 10.1. The Bertz CT molecular complexity index is 2010. The number of nitrogens with zero attached hydrogens (tertiary/aromatic N) is 2. The van der Waals surface area contributed by atoms with Crippen LogP contribution < -0.4 is 0 Å². The third kappa shape index (κ3) is 7.23. The molecule has 1 saturated carbocycles. The molecule has 1 unspecified atom stereocenters. The van der Waals surface area contributed by atoms with E-state index in [4.69, 9.17) is 21.3 Å². The van der Waals surface area contributed by atoms with Gasteiger partial charge in [-0.05, 0) is 71.4 Å². The molecule has 2 heterocycles. The molecule has 0 N–H and O–H groups in total. The topological polar surface area (TPSA) is 76.6 Å². The quantitative estimate of drug-likeness (QED) is 0.0972. The molecule has 2 amide bonds. The summed E-state index contributed by atoms with van der Waals surface area (Å²) in [6, 6.07) is 34.4. The molecule has 1 aliphatic carbocycles. The van der Waals surface area contributed by atoms with Crippen molar-refractivity contribution >= 4 is 64.2 Å². The SMILES string of the molecule is O=C(CC1(CSC(CN2C(=O)c3ccccc3C2=O)c2cccc(/C=C/c3ccc4ccc(Cl)cc4n3)c2)CC1)OCc1ccccc1. The molecule has 6 nitrogen and oxygen atoms in total. The van der Waals surface area contributed by atoms with E-state index >= 15 is 0 Å². The van der Waals surface area contributed by atoms with E-state index in [2.05, 4.69) is 6.07 Å². The summed E-state index contributed by atoms with van der Waals surface area (Å²) in [7, 11) is 0. The predicted molar refractivity (Wildman–Crippen MR) is 192 cm³/mol. The number of thioether (sulfide) groups is 1. The number of benzene rings is 4. The van der Waals surface area contributed by atoms with Crippen LogP contribution in [-0.2, 0) is 16.1 Å². The summed E-state index contributed by atoms with van der Waals surface area (Å²) in [5, 5.41) is 1.46. The van der Waals surface area contributed by atoms with Crippen molar-refractivity contribution < 1.29 is 19.1 Å². The molecule has 48 heavy (non-hydrogen) atoms. The molecule has 1 atom stereocenters. The zero-order valence-corrected chi connectivity index (χ0v) is 27.8. The van der Waals surface area contributed by atoms with Gasteiger partial charge < -0.3 is 4.74 Å². The summed E-state index contributed by atoms with van der Waals surface area (Å²) in [5.41, 5.74) is 5.29. The maximum atomic E-state index is 13.4. The van der Waals surface area contributed by atoms with Crippen LogP contribution in [0.15, 0.2) is 109 Å². The molecule has 8 heteroatoms. The number of aromatic nitrogens is 1. The molecule has 4 aromatic carbocycles. The molecule has 0 radical (unpaired) electrons. The van der Waals surface area contributed by atoms with Gasteiger partial charge in [0.05, 0.1) is 28.8 Å². The summed E-state index contributed by atoms with van der Waals surface area (Å²) in [6.07, 6.45) is 6.20. The van der Waals surface area contributed by atoms with E-state index in [1.54, 1.807) is 36.0 Å². The van der Waals surface area contributed by atoms with Crippen LogP contribution in [0.1, 0.15) is 67.6 Å². The van der Waals surface area contributed by atoms with Gasteiger partial charge in [-0.25, -0.2) is 4.98 Å². The first-order chi connectivity index (χ1) is 23.4. The third-order valence-corrected chi connectivity index (χ3v) is 10.8. The summed E-state index contributed by atoms with van der Waals surface area (Å²) in [6.45, 7) is 0.486. The maximum absolute atomic E-state index is 13.4. The van der Waals surface area contributed by atoms with Crippen molar-refractivity contribution in [1.29, 1.82) is 0 Å². The first-order valence-corrected chi connectivity index (χ1v) is 17.4. The van der Waals surface area contributed by atoms with E-state index < -0.39 is 0 Å². The molecule has 1 fully saturated rings. The molecule has 1 aromatic heterocycles. The Morgan fingerprint density at radius 1 is 0.875 bits per heavy atom. The second-order valence-corrected chi connectivity index (χ2v) is 14.1. The number of fused-ring (bicyclic) bond motifs is 2. The first-order valence-electron chi connectivity index (χ1n) is 16.0. The van der Waals surface area contributed by atoms with Gasteiger partial charge in [0.25, 0.3) is 11.8 Å². The van der Waals surface area contributed by atoms with Crippen molar-refractivity contribution in [3.8, 4) is 0 Å². The lowest BCUT2D eigenvalue weighted by Crippen LogP contribution is -2.33. The van der Waals surface area contributed by atoms with Crippen LogP contribution in [0.3, 0.4) is 0 Å². The average molecular weight is 673 g/mol. The molecule has 0 spiro atoms. The van der Waals surface area contributed by atoms with Gasteiger partial charge >= 0.3 is 5.97 Å². The highest BCUT2D eigenvalue weighted by Gasteiger charge is 2.45.